The van der Waals surface area contributed by atoms with Crippen molar-refractivity contribution in [3.8, 4) is 0 Å². The Morgan fingerprint density at radius 2 is 1.75 bits per heavy atom. The monoisotopic (exact) mass is 224 g/mol. The molecule has 0 aliphatic heterocycles. The van der Waals surface area contributed by atoms with Crippen LogP contribution in [0, 0.1) is 11.7 Å². The molecule has 0 atom stereocenters. The normalized spacial score (nSPS) is 9.62. The van der Waals surface area contributed by atoms with Crippen molar-refractivity contribution in [3.05, 3.63) is 35.6 Å². The SMILES string of the molecule is CC(=O)c1ccccc1F.CCC(C)CC. The first-order chi connectivity index (χ1) is 7.52. The molecule has 0 saturated carbocycles. The average molecular weight is 224 g/mol. The molecule has 0 aromatic heterocycles. The zero-order valence-electron chi connectivity index (χ0n) is 10.6. The van der Waals surface area contributed by atoms with E-state index in [1.165, 1.54) is 31.9 Å². The van der Waals surface area contributed by atoms with Gasteiger partial charge in [-0.25, -0.2) is 4.39 Å². The maximum absolute atomic E-state index is 12.6. The van der Waals surface area contributed by atoms with Gasteiger partial charge in [-0.15, -0.1) is 0 Å². The van der Waals surface area contributed by atoms with E-state index >= 15 is 0 Å². The van der Waals surface area contributed by atoms with Gasteiger partial charge in [-0.2, -0.15) is 0 Å². The fraction of sp³-hybridized carbons (Fsp3) is 0.500. The maximum Gasteiger partial charge on any atom is 0.162 e. The van der Waals surface area contributed by atoms with Gasteiger partial charge >= 0.3 is 0 Å². The summed E-state index contributed by atoms with van der Waals surface area (Å²) in [5, 5.41) is 0. The van der Waals surface area contributed by atoms with Crippen molar-refractivity contribution in [3.63, 3.8) is 0 Å². The number of ketones is 1. The Labute approximate surface area is 97.7 Å². The summed E-state index contributed by atoms with van der Waals surface area (Å²) >= 11 is 0. The highest BCUT2D eigenvalue weighted by molar-refractivity contribution is 5.94. The highest BCUT2D eigenvalue weighted by atomic mass is 19.1. The van der Waals surface area contributed by atoms with Crippen LogP contribution < -0.4 is 0 Å². The van der Waals surface area contributed by atoms with Crippen LogP contribution in [0.5, 0.6) is 0 Å². The van der Waals surface area contributed by atoms with Crippen molar-refractivity contribution in [2.24, 2.45) is 5.92 Å². The Hall–Kier alpha value is -1.18. The first-order valence-corrected chi connectivity index (χ1v) is 5.78. The molecule has 0 aliphatic rings. The molecule has 90 valence electrons. The molecular formula is C14H21FO. The minimum absolute atomic E-state index is 0.155. The van der Waals surface area contributed by atoms with Crippen molar-refractivity contribution in [2.45, 2.75) is 40.5 Å². The summed E-state index contributed by atoms with van der Waals surface area (Å²) in [5.41, 5.74) is 0.155. The number of carbonyl (C=O) groups is 1. The Morgan fingerprint density at radius 1 is 1.25 bits per heavy atom. The molecule has 0 unspecified atom stereocenters. The van der Waals surface area contributed by atoms with Gasteiger partial charge in [0.1, 0.15) is 5.82 Å². The van der Waals surface area contributed by atoms with E-state index in [1.807, 2.05) is 0 Å². The van der Waals surface area contributed by atoms with Gasteiger partial charge in [-0.05, 0) is 25.0 Å². The minimum Gasteiger partial charge on any atom is -0.294 e. The Morgan fingerprint density at radius 3 is 2.00 bits per heavy atom. The van der Waals surface area contributed by atoms with E-state index in [4.69, 9.17) is 0 Å². The van der Waals surface area contributed by atoms with Crippen LogP contribution in [-0.2, 0) is 0 Å². The molecule has 0 aliphatic carbocycles. The number of rotatable bonds is 3. The molecule has 0 saturated heterocycles. The van der Waals surface area contributed by atoms with Crippen LogP contribution in [0.25, 0.3) is 0 Å². The summed E-state index contributed by atoms with van der Waals surface area (Å²) in [6.07, 6.45) is 2.66. The van der Waals surface area contributed by atoms with Crippen molar-refractivity contribution in [1.82, 2.24) is 0 Å². The van der Waals surface area contributed by atoms with Crippen LogP contribution in [0.2, 0.25) is 0 Å². The van der Waals surface area contributed by atoms with Gasteiger partial charge in [0.2, 0.25) is 0 Å². The molecule has 2 heteroatoms. The predicted molar refractivity (Wildman–Crippen MR) is 66.2 cm³/mol. The third-order valence-corrected chi connectivity index (χ3v) is 2.65. The van der Waals surface area contributed by atoms with Gasteiger partial charge in [0.15, 0.2) is 5.78 Å². The van der Waals surface area contributed by atoms with Crippen molar-refractivity contribution in [1.29, 1.82) is 0 Å². The second-order valence-electron chi connectivity index (χ2n) is 3.96. The number of benzene rings is 1. The highest BCUT2D eigenvalue weighted by Crippen LogP contribution is 2.05. The second-order valence-corrected chi connectivity index (χ2v) is 3.96. The molecule has 16 heavy (non-hydrogen) atoms. The van der Waals surface area contributed by atoms with Crippen LogP contribution in [0.15, 0.2) is 24.3 Å². The molecule has 1 nitrogen and oxygen atoms in total. The lowest BCUT2D eigenvalue weighted by molar-refractivity contribution is 0.101. The van der Waals surface area contributed by atoms with E-state index in [1.54, 1.807) is 12.1 Å². The number of hydrogen-bond acceptors (Lipinski definition) is 1. The summed E-state index contributed by atoms with van der Waals surface area (Å²) in [7, 11) is 0. The lowest BCUT2D eigenvalue weighted by atomic mass is 10.1. The fourth-order valence-electron chi connectivity index (χ4n) is 1.04. The standard InChI is InChI=1S/C8H7FO.C6H14/c1-6(10)7-4-2-3-5-8(7)9;1-4-6(3)5-2/h2-5H,1H3;6H,4-5H2,1-3H3. The molecule has 0 bridgehead atoms. The smallest absolute Gasteiger partial charge is 0.162 e. The lowest BCUT2D eigenvalue weighted by Crippen LogP contribution is -1.94. The summed E-state index contributed by atoms with van der Waals surface area (Å²) in [6, 6.07) is 5.94. The average Bonchev–Trinajstić information content (AvgIpc) is 2.29. The molecule has 1 aromatic rings. The molecule has 0 N–H and O–H groups in total. The Bertz CT molecular complexity index is 316. The Balaban J connectivity index is 0.000000325. The number of halogens is 1. The third-order valence-electron chi connectivity index (χ3n) is 2.65. The number of Topliss-reactive ketones (excluding diaryl/α,β-unsaturated/α-hetero) is 1. The van der Waals surface area contributed by atoms with E-state index in [-0.39, 0.29) is 11.3 Å². The van der Waals surface area contributed by atoms with Gasteiger partial charge in [0, 0.05) is 0 Å². The van der Waals surface area contributed by atoms with E-state index in [0.717, 1.165) is 5.92 Å². The van der Waals surface area contributed by atoms with Crippen LogP contribution >= 0.6 is 0 Å². The first-order valence-electron chi connectivity index (χ1n) is 5.78. The van der Waals surface area contributed by atoms with E-state index in [2.05, 4.69) is 20.8 Å². The molecule has 0 heterocycles. The fourth-order valence-corrected chi connectivity index (χ4v) is 1.04. The first kappa shape index (κ1) is 14.8. The molecule has 0 spiro atoms. The molecule has 1 rings (SSSR count). The number of carbonyl (C=O) groups excluding carboxylic acids is 1. The zero-order valence-corrected chi connectivity index (χ0v) is 10.6. The quantitative estimate of drug-likeness (QED) is 0.692. The minimum atomic E-state index is -0.449. The van der Waals surface area contributed by atoms with Gasteiger partial charge < -0.3 is 0 Å². The van der Waals surface area contributed by atoms with Crippen molar-refractivity contribution < 1.29 is 9.18 Å². The van der Waals surface area contributed by atoms with Gasteiger partial charge in [-0.1, -0.05) is 45.7 Å². The van der Waals surface area contributed by atoms with Crippen LogP contribution in [-0.4, -0.2) is 5.78 Å². The van der Waals surface area contributed by atoms with E-state index in [9.17, 15) is 9.18 Å². The van der Waals surface area contributed by atoms with Gasteiger partial charge in [0.25, 0.3) is 0 Å². The number of hydrogen-bond donors (Lipinski definition) is 0. The zero-order chi connectivity index (χ0) is 12.6. The van der Waals surface area contributed by atoms with E-state index in [0.29, 0.717) is 0 Å². The van der Waals surface area contributed by atoms with Crippen LogP contribution in [0.4, 0.5) is 4.39 Å². The summed E-state index contributed by atoms with van der Waals surface area (Å²) in [5.74, 6) is 0.248. The topological polar surface area (TPSA) is 17.1 Å². The molecule has 0 fully saturated rings. The molecule has 0 radical (unpaired) electrons. The summed E-state index contributed by atoms with van der Waals surface area (Å²) in [6.45, 7) is 8.08. The highest BCUT2D eigenvalue weighted by Gasteiger charge is 2.03. The van der Waals surface area contributed by atoms with Crippen LogP contribution in [0.1, 0.15) is 50.9 Å². The Kier molecular flexibility index (Phi) is 7.44. The summed E-state index contributed by atoms with van der Waals surface area (Å²) in [4.78, 5) is 10.6. The van der Waals surface area contributed by atoms with E-state index < -0.39 is 5.82 Å². The second kappa shape index (κ2) is 8.03. The molecule has 1 aromatic carbocycles. The van der Waals surface area contributed by atoms with Gasteiger partial charge in [0.05, 0.1) is 5.56 Å². The van der Waals surface area contributed by atoms with Crippen LogP contribution in [0.3, 0.4) is 0 Å². The summed E-state index contributed by atoms with van der Waals surface area (Å²) < 4.78 is 12.6. The van der Waals surface area contributed by atoms with Gasteiger partial charge in [-0.3, -0.25) is 4.79 Å². The van der Waals surface area contributed by atoms with Crippen molar-refractivity contribution in [2.75, 3.05) is 0 Å². The largest absolute Gasteiger partial charge is 0.294 e. The lowest BCUT2D eigenvalue weighted by Gasteiger charge is -1.98. The molecular weight excluding hydrogens is 203 g/mol. The van der Waals surface area contributed by atoms with Crippen molar-refractivity contribution >= 4 is 5.78 Å². The molecule has 0 amide bonds. The predicted octanol–water partition coefficient (Wildman–Crippen LogP) is 4.47. The maximum atomic E-state index is 12.6. The third kappa shape index (κ3) is 5.64.